The summed E-state index contributed by atoms with van der Waals surface area (Å²) in [6.07, 6.45) is 6.81. The average Bonchev–Trinajstić information content (AvgIpc) is 3.04. The Morgan fingerprint density at radius 3 is 2.72 bits per heavy atom. The summed E-state index contributed by atoms with van der Waals surface area (Å²) in [6.45, 7) is 5.74. The van der Waals surface area contributed by atoms with Crippen LogP contribution in [0.1, 0.15) is 42.6 Å². The van der Waals surface area contributed by atoms with Crippen LogP contribution in [0.2, 0.25) is 0 Å². The van der Waals surface area contributed by atoms with Gasteiger partial charge >= 0.3 is 0 Å². The molecule has 3 heterocycles. The summed E-state index contributed by atoms with van der Waals surface area (Å²) in [6, 6.07) is 0. The van der Waals surface area contributed by atoms with E-state index in [0.717, 1.165) is 32.7 Å². The number of aliphatic hydroxyl groups is 1. The molecule has 9 heteroatoms. The number of aromatic nitrogens is 3. The van der Waals surface area contributed by atoms with Gasteiger partial charge in [-0.25, -0.2) is 4.68 Å². The van der Waals surface area contributed by atoms with E-state index in [1.165, 1.54) is 19.3 Å². The number of amides is 1. The Labute approximate surface area is 154 Å². The standard InChI is InChI=1S/C16H28N6O2.ClH/c23-15(18-8-11-21-9-2-1-3-10-21)14-12-22(20-19-14)13-16(24)4-6-17-7-5-16;/h12,17,24H,1-11,13H2,(H,18,23);1H. The van der Waals surface area contributed by atoms with Crippen LogP contribution >= 0.6 is 12.4 Å². The van der Waals surface area contributed by atoms with E-state index in [-0.39, 0.29) is 18.3 Å². The van der Waals surface area contributed by atoms with E-state index in [1.807, 2.05) is 0 Å². The fourth-order valence-corrected chi connectivity index (χ4v) is 3.43. The number of nitrogens with zero attached hydrogens (tertiary/aromatic N) is 4. The molecule has 2 fully saturated rings. The summed E-state index contributed by atoms with van der Waals surface area (Å²) in [4.78, 5) is 14.5. The number of piperidine rings is 2. The number of carbonyl (C=O) groups excluding carboxylic acids is 1. The summed E-state index contributed by atoms with van der Waals surface area (Å²) in [5.74, 6) is -0.199. The molecule has 3 N–H and O–H groups in total. The zero-order valence-electron chi connectivity index (χ0n) is 14.6. The van der Waals surface area contributed by atoms with Crippen molar-refractivity contribution in [3.8, 4) is 0 Å². The van der Waals surface area contributed by atoms with Crippen LogP contribution < -0.4 is 10.6 Å². The second kappa shape index (κ2) is 9.47. The quantitative estimate of drug-likeness (QED) is 0.652. The molecular formula is C16H29ClN6O2. The van der Waals surface area contributed by atoms with Crippen molar-refractivity contribution >= 4 is 18.3 Å². The summed E-state index contributed by atoms with van der Waals surface area (Å²) in [5, 5.41) is 24.6. The zero-order chi connectivity index (χ0) is 16.8. The third kappa shape index (κ3) is 5.91. The largest absolute Gasteiger partial charge is 0.388 e. The lowest BCUT2D eigenvalue weighted by atomic mass is 9.92. The molecule has 0 aromatic carbocycles. The average molecular weight is 373 g/mol. The van der Waals surface area contributed by atoms with Crippen LogP contribution in [-0.2, 0) is 6.54 Å². The first-order chi connectivity index (χ1) is 11.6. The summed E-state index contributed by atoms with van der Waals surface area (Å²) in [7, 11) is 0. The number of carbonyl (C=O) groups is 1. The normalized spacial score (nSPS) is 20.7. The van der Waals surface area contributed by atoms with Gasteiger partial charge in [0.2, 0.25) is 0 Å². The van der Waals surface area contributed by atoms with Gasteiger partial charge in [-0.2, -0.15) is 0 Å². The summed E-state index contributed by atoms with van der Waals surface area (Å²) < 4.78 is 1.57. The van der Waals surface area contributed by atoms with Gasteiger partial charge in [-0.05, 0) is 51.9 Å². The van der Waals surface area contributed by atoms with E-state index in [0.29, 0.717) is 31.6 Å². The lowest BCUT2D eigenvalue weighted by molar-refractivity contribution is -0.00866. The molecule has 0 radical (unpaired) electrons. The first-order valence-corrected chi connectivity index (χ1v) is 8.98. The van der Waals surface area contributed by atoms with Crippen molar-refractivity contribution in [2.75, 3.05) is 39.3 Å². The summed E-state index contributed by atoms with van der Waals surface area (Å²) >= 11 is 0. The maximum Gasteiger partial charge on any atom is 0.273 e. The van der Waals surface area contributed by atoms with E-state index in [4.69, 9.17) is 0 Å². The molecule has 2 aliphatic heterocycles. The monoisotopic (exact) mass is 372 g/mol. The van der Waals surface area contributed by atoms with Crippen molar-refractivity contribution in [2.45, 2.75) is 44.2 Å². The fraction of sp³-hybridized carbons (Fsp3) is 0.812. The molecule has 8 nitrogen and oxygen atoms in total. The molecule has 0 aliphatic carbocycles. The molecule has 0 saturated carbocycles. The van der Waals surface area contributed by atoms with Gasteiger partial charge < -0.3 is 20.6 Å². The van der Waals surface area contributed by atoms with Crippen LogP contribution in [0.25, 0.3) is 0 Å². The van der Waals surface area contributed by atoms with E-state index >= 15 is 0 Å². The van der Waals surface area contributed by atoms with Crippen molar-refractivity contribution in [2.24, 2.45) is 0 Å². The second-order valence-electron chi connectivity index (χ2n) is 6.93. The van der Waals surface area contributed by atoms with Crippen molar-refractivity contribution in [1.82, 2.24) is 30.5 Å². The minimum absolute atomic E-state index is 0. The van der Waals surface area contributed by atoms with Gasteiger partial charge in [0, 0.05) is 13.1 Å². The zero-order valence-corrected chi connectivity index (χ0v) is 15.4. The van der Waals surface area contributed by atoms with E-state index in [2.05, 4.69) is 25.8 Å². The molecule has 0 spiro atoms. The van der Waals surface area contributed by atoms with E-state index in [1.54, 1.807) is 10.9 Å². The van der Waals surface area contributed by atoms with Crippen molar-refractivity contribution in [3.05, 3.63) is 11.9 Å². The van der Waals surface area contributed by atoms with Crippen molar-refractivity contribution in [3.63, 3.8) is 0 Å². The number of rotatable bonds is 6. The van der Waals surface area contributed by atoms with E-state index < -0.39 is 5.60 Å². The Balaban J connectivity index is 0.00000225. The molecule has 0 unspecified atom stereocenters. The van der Waals surface area contributed by atoms with Gasteiger partial charge in [-0.15, -0.1) is 17.5 Å². The molecule has 0 atom stereocenters. The molecular weight excluding hydrogens is 344 g/mol. The van der Waals surface area contributed by atoms with Crippen molar-refractivity contribution in [1.29, 1.82) is 0 Å². The van der Waals surface area contributed by atoms with Crippen LogP contribution in [0.15, 0.2) is 6.20 Å². The minimum atomic E-state index is -0.763. The molecule has 0 bridgehead atoms. The molecule has 25 heavy (non-hydrogen) atoms. The Hall–Kier alpha value is -1.22. The summed E-state index contributed by atoms with van der Waals surface area (Å²) in [5.41, 5.74) is -0.452. The lowest BCUT2D eigenvalue weighted by Gasteiger charge is -2.32. The first-order valence-electron chi connectivity index (χ1n) is 8.98. The Morgan fingerprint density at radius 2 is 2.00 bits per heavy atom. The lowest BCUT2D eigenvalue weighted by Crippen LogP contribution is -2.44. The Morgan fingerprint density at radius 1 is 1.28 bits per heavy atom. The highest BCUT2D eigenvalue weighted by Crippen LogP contribution is 2.19. The predicted molar refractivity (Wildman–Crippen MR) is 96.9 cm³/mol. The molecule has 3 rings (SSSR count). The van der Waals surface area contributed by atoms with Gasteiger partial charge in [0.15, 0.2) is 5.69 Å². The predicted octanol–water partition coefficient (Wildman–Crippen LogP) is 0.0301. The molecule has 1 aromatic heterocycles. The molecule has 2 aliphatic rings. The van der Waals surface area contributed by atoms with Crippen molar-refractivity contribution < 1.29 is 9.90 Å². The molecule has 142 valence electrons. The van der Waals surface area contributed by atoms with Gasteiger partial charge in [0.05, 0.1) is 18.3 Å². The second-order valence-corrected chi connectivity index (χ2v) is 6.93. The van der Waals surface area contributed by atoms with Gasteiger partial charge in [-0.1, -0.05) is 11.6 Å². The Kier molecular flexibility index (Phi) is 7.61. The number of halogens is 1. The van der Waals surface area contributed by atoms with Crippen LogP contribution in [0, 0.1) is 0 Å². The van der Waals surface area contributed by atoms with Gasteiger partial charge in [-0.3, -0.25) is 4.79 Å². The number of likely N-dealkylation sites (tertiary alicyclic amines) is 1. The highest BCUT2D eigenvalue weighted by atomic mass is 35.5. The minimum Gasteiger partial charge on any atom is -0.388 e. The van der Waals surface area contributed by atoms with Crippen LogP contribution in [0.3, 0.4) is 0 Å². The molecule has 1 aromatic rings. The highest BCUT2D eigenvalue weighted by molar-refractivity contribution is 5.91. The third-order valence-electron chi connectivity index (χ3n) is 4.92. The fourth-order valence-electron chi connectivity index (χ4n) is 3.43. The molecule has 1 amide bonds. The number of hydrogen-bond donors (Lipinski definition) is 3. The topological polar surface area (TPSA) is 95.3 Å². The third-order valence-corrected chi connectivity index (χ3v) is 4.92. The van der Waals surface area contributed by atoms with Gasteiger partial charge in [0.1, 0.15) is 0 Å². The maximum atomic E-state index is 12.2. The number of nitrogens with one attached hydrogen (secondary N) is 2. The highest BCUT2D eigenvalue weighted by Gasteiger charge is 2.30. The maximum absolute atomic E-state index is 12.2. The number of hydrogen-bond acceptors (Lipinski definition) is 6. The van der Waals surface area contributed by atoms with Crippen LogP contribution in [0.4, 0.5) is 0 Å². The first kappa shape index (κ1) is 20.1. The van der Waals surface area contributed by atoms with Crippen LogP contribution in [-0.4, -0.2) is 75.8 Å². The molecule has 2 saturated heterocycles. The van der Waals surface area contributed by atoms with Crippen LogP contribution in [0.5, 0.6) is 0 Å². The Bertz CT molecular complexity index is 540. The van der Waals surface area contributed by atoms with E-state index in [9.17, 15) is 9.90 Å². The van der Waals surface area contributed by atoms with Gasteiger partial charge in [0.25, 0.3) is 5.91 Å². The SMILES string of the molecule is Cl.O=C(NCCN1CCCCC1)c1cn(CC2(O)CCNCC2)nn1. The smallest absolute Gasteiger partial charge is 0.273 e.